The number of hydrogen-bond donors (Lipinski definition) is 3. The smallest absolute Gasteiger partial charge is 0.427 e. The van der Waals surface area contributed by atoms with Crippen molar-refractivity contribution in [3.05, 3.63) is 42.6 Å². The number of aromatic nitrogens is 1. The first kappa shape index (κ1) is 42.0. The van der Waals surface area contributed by atoms with E-state index in [0.717, 1.165) is 0 Å². The van der Waals surface area contributed by atoms with Gasteiger partial charge in [-0.1, -0.05) is 32.1 Å². The van der Waals surface area contributed by atoms with Crippen molar-refractivity contribution in [2.45, 2.75) is 120 Å². The minimum atomic E-state index is -4.91. The van der Waals surface area contributed by atoms with Gasteiger partial charge in [0.25, 0.3) is 5.91 Å². The van der Waals surface area contributed by atoms with Crippen LogP contribution >= 0.6 is 0 Å². The van der Waals surface area contributed by atoms with Crippen molar-refractivity contribution >= 4 is 44.6 Å². The van der Waals surface area contributed by atoms with Gasteiger partial charge in [-0.2, -0.15) is 13.2 Å². The Labute approximate surface area is 329 Å². The van der Waals surface area contributed by atoms with Gasteiger partial charge in [-0.25, -0.2) is 18.2 Å². The van der Waals surface area contributed by atoms with Gasteiger partial charge in [0.05, 0.1) is 18.4 Å². The third kappa shape index (κ3) is 8.51. The average molecular weight is 822 g/mol. The Morgan fingerprint density at radius 1 is 1.07 bits per heavy atom. The Morgan fingerprint density at radius 2 is 1.79 bits per heavy atom. The van der Waals surface area contributed by atoms with Gasteiger partial charge in [0.15, 0.2) is 0 Å². The van der Waals surface area contributed by atoms with Gasteiger partial charge in [0.2, 0.25) is 33.3 Å². The van der Waals surface area contributed by atoms with E-state index in [1.807, 2.05) is 13.0 Å². The second-order valence-corrected chi connectivity index (χ2v) is 18.8. The van der Waals surface area contributed by atoms with E-state index in [0.29, 0.717) is 62.5 Å². The fourth-order valence-electron chi connectivity index (χ4n) is 7.62. The highest BCUT2D eigenvalue weighted by atomic mass is 32.2. The van der Waals surface area contributed by atoms with Crippen molar-refractivity contribution in [3.8, 4) is 11.6 Å². The van der Waals surface area contributed by atoms with E-state index in [-0.39, 0.29) is 31.2 Å². The summed E-state index contributed by atoms with van der Waals surface area (Å²) in [6.07, 6.45) is 0.185. The Kier molecular flexibility index (Phi) is 11.3. The minimum absolute atomic E-state index is 0.0363. The first-order valence-corrected chi connectivity index (χ1v) is 20.6. The van der Waals surface area contributed by atoms with Gasteiger partial charge in [-0.15, -0.1) is 0 Å². The molecule has 2 aromatic rings. The van der Waals surface area contributed by atoms with Crippen LogP contribution in [0, 0.1) is 17.8 Å². The number of benzene rings is 1. The second-order valence-electron chi connectivity index (χ2n) is 16.7. The molecular formula is C39H50F3N5O9S. The number of fused-ring (bicyclic) bond motifs is 3. The molecule has 4 aliphatic rings. The maximum Gasteiger partial charge on any atom is 0.427 e. The van der Waals surface area contributed by atoms with Gasteiger partial charge in [0, 0.05) is 29.3 Å². The lowest BCUT2D eigenvalue weighted by Gasteiger charge is -2.34. The number of nitrogens with one attached hydrogen (secondary N) is 3. The fraction of sp³-hybridized carbons (Fsp3) is 0.615. The lowest BCUT2D eigenvalue weighted by Crippen LogP contribution is -2.59. The lowest BCUT2D eigenvalue weighted by molar-refractivity contribution is -0.244. The number of allylic oxidation sites excluding steroid dienone is 1. The first-order valence-electron chi connectivity index (χ1n) is 19.1. The molecule has 0 unspecified atom stereocenters. The number of alkyl halides is 3. The monoisotopic (exact) mass is 821 g/mol. The summed E-state index contributed by atoms with van der Waals surface area (Å²) in [5.41, 5.74) is -4.52. The highest BCUT2D eigenvalue weighted by molar-refractivity contribution is 7.91. The average Bonchev–Trinajstić information content (AvgIpc) is 4.01. The summed E-state index contributed by atoms with van der Waals surface area (Å²) in [4.78, 5) is 61.8. The number of alkyl carbamates (subject to hydrolysis) is 1. The first-order chi connectivity index (χ1) is 26.6. The molecule has 3 N–H and O–H groups in total. The zero-order chi connectivity index (χ0) is 41.7. The molecule has 2 aliphatic heterocycles. The highest BCUT2D eigenvalue weighted by Crippen LogP contribution is 2.48. The summed E-state index contributed by atoms with van der Waals surface area (Å²) >= 11 is 0. The number of ether oxygens (including phenoxy) is 3. The van der Waals surface area contributed by atoms with Crippen LogP contribution in [0.5, 0.6) is 11.6 Å². The summed E-state index contributed by atoms with van der Waals surface area (Å²) in [7, 11) is -2.56. The molecule has 3 heterocycles. The van der Waals surface area contributed by atoms with E-state index in [1.54, 1.807) is 37.3 Å². The topological polar surface area (TPSA) is 182 Å². The molecule has 7 atom stereocenters. The standard InChI is InChI=1S/C39H50F3N5O9S/c1-22-10-7-8-11-24-20-38(24,34(50)46-57(52,53)37(5)15-16-37)45-31(48)28-19-25(55-32-27-12-9-13-29(54-6)26(27)14-17-43-32)21-47(28)33(49)30(23(2)18-22)44-35(51)56-36(3,4)39(40,41)42/h8-9,11-14,17,22-25,28,30H,7,10,15-16,18-21H2,1-6H3,(H,44,51)(H,45,48)(H,46,50)/b11-8-/t22-,23+,24+,25+,28-,30-,38+/m0/s1. The van der Waals surface area contributed by atoms with Crippen molar-refractivity contribution in [3.63, 3.8) is 0 Å². The molecule has 1 aromatic carbocycles. The zero-order valence-electron chi connectivity index (χ0n) is 32.8. The largest absolute Gasteiger partial charge is 0.496 e. The number of methoxy groups -OCH3 is 1. The van der Waals surface area contributed by atoms with Crippen LogP contribution in [0.15, 0.2) is 42.6 Å². The number of nitrogens with zero attached hydrogens (tertiary/aromatic N) is 2. The molecular weight excluding hydrogens is 772 g/mol. The van der Waals surface area contributed by atoms with Gasteiger partial charge in [-0.3, -0.25) is 19.1 Å². The molecule has 3 fully saturated rings. The number of hydrogen-bond acceptors (Lipinski definition) is 10. The zero-order valence-corrected chi connectivity index (χ0v) is 33.6. The second kappa shape index (κ2) is 15.3. The quantitative estimate of drug-likeness (QED) is 0.310. The van der Waals surface area contributed by atoms with Crippen molar-refractivity contribution in [1.29, 1.82) is 0 Å². The van der Waals surface area contributed by atoms with E-state index < -0.39 is 85.9 Å². The molecule has 0 spiro atoms. The Hall–Kier alpha value is -4.61. The third-order valence-electron chi connectivity index (χ3n) is 11.8. The van der Waals surface area contributed by atoms with E-state index in [2.05, 4.69) is 20.3 Å². The molecule has 0 radical (unpaired) electrons. The SMILES string of the molecule is COc1cccc2c(O[C@@H]3C[C@H]4C(=O)N[C@]5(C(=O)NS(=O)(=O)C6(C)CC6)C[C@H]5/C=C\CC[C@H](C)C[C@@H](C)[C@H](NC(=O)OC(C)(C)C(F)(F)F)C(=O)N4C3)nccc12. The van der Waals surface area contributed by atoms with Crippen LogP contribution in [-0.4, -0.2) is 96.0 Å². The van der Waals surface area contributed by atoms with E-state index >= 15 is 0 Å². The fourth-order valence-corrected chi connectivity index (χ4v) is 8.94. The lowest BCUT2D eigenvalue weighted by atomic mass is 9.88. The van der Waals surface area contributed by atoms with E-state index in [4.69, 9.17) is 14.2 Å². The number of halogens is 3. The molecule has 14 nitrogen and oxygen atoms in total. The van der Waals surface area contributed by atoms with Gasteiger partial charge in [-0.05, 0) is 89.3 Å². The van der Waals surface area contributed by atoms with Gasteiger partial charge >= 0.3 is 12.3 Å². The molecule has 1 aromatic heterocycles. The molecule has 57 heavy (non-hydrogen) atoms. The summed E-state index contributed by atoms with van der Waals surface area (Å²) in [6.45, 7) is 6.33. The van der Waals surface area contributed by atoms with Crippen LogP contribution in [0.2, 0.25) is 0 Å². The normalized spacial score (nSPS) is 29.7. The summed E-state index contributed by atoms with van der Waals surface area (Å²) < 4.78 is 85.2. The number of rotatable bonds is 8. The molecule has 312 valence electrons. The Morgan fingerprint density at radius 3 is 2.46 bits per heavy atom. The molecule has 2 aliphatic carbocycles. The summed E-state index contributed by atoms with van der Waals surface area (Å²) in [6, 6.07) is 4.26. The molecule has 0 bridgehead atoms. The Balaban J connectivity index is 1.36. The van der Waals surface area contributed by atoms with E-state index in [9.17, 15) is 40.8 Å². The molecule has 18 heteroatoms. The molecule has 4 amide bonds. The molecule has 6 rings (SSSR count). The number of sulfonamides is 1. The molecule has 1 saturated heterocycles. The maximum atomic E-state index is 14.7. The number of amides is 4. The molecule has 2 saturated carbocycles. The van der Waals surface area contributed by atoms with Crippen molar-refractivity contribution in [2.75, 3.05) is 13.7 Å². The maximum absolute atomic E-state index is 14.7. The van der Waals surface area contributed by atoms with Crippen molar-refractivity contribution in [2.24, 2.45) is 17.8 Å². The summed E-state index contributed by atoms with van der Waals surface area (Å²) in [5, 5.41) is 6.45. The van der Waals surface area contributed by atoms with Crippen molar-refractivity contribution in [1.82, 2.24) is 25.2 Å². The minimum Gasteiger partial charge on any atom is -0.496 e. The van der Waals surface area contributed by atoms with Crippen LogP contribution < -0.4 is 24.8 Å². The van der Waals surface area contributed by atoms with Gasteiger partial charge in [0.1, 0.15) is 29.5 Å². The predicted molar refractivity (Wildman–Crippen MR) is 201 cm³/mol. The Bertz CT molecular complexity index is 2060. The summed E-state index contributed by atoms with van der Waals surface area (Å²) in [5.74, 6) is -2.93. The third-order valence-corrected chi connectivity index (χ3v) is 13.9. The highest BCUT2D eigenvalue weighted by Gasteiger charge is 2.63. The van der Waals surface area contributed by atoms with E-state index in [1.165, 1.54) is 25.1 Å². The van der Waals surface area contributed by atoms with Gasteiger partial charge < -0.3 is 29.7 Å². The van der Waals surface area contributed by atoms with Crippen LogP contribution in [-0.2, 0) is 29.1 Å². The number of carbonyl (C=O) groups is 4. The number of carbonyl (C=O) groups excluding carboxylic acids is 4. The van der Waals surface area contributed by atoms with Crippen LogP contribution in [0.3, 0.4) is 0 Å². The van der Waals surface area contributed by atoms with Crippen molar-refractivity contribution < 1.29 is 55.0 Å². The van der Waals surface area contributed by atoms with Crippen LogP contribution in [0.4, 0.5) is 18.0 Å². The van der Waals surface area contributed by atoms with Crippen LogP contribution in [0.25, 0.3) is 10.8 Å². The predicted octanol–water partition coefficient (Wildman–Crippen LogP) is 4.91. The number of pyridine rings is 1. The van der Waals surface area contributed by atoms with Crippen LogP contribution in [0.1, 0.15) is 79.6 Å².